The van der Waals surface area contributed by atoms with Gasteiger partial charge in [-0.25, -0.2) is 0 Å². The van der Waals surface area contributed by atoms with Crippen LogP contribution in [0, 0.1) is 0 Å². The van der Waals surface area contributed by atoms with E-state index in [2.05, 4.69) is 45.9 Å². The minimum absolute atomic E-state index is 0.174. The van der Waals surface area contributed by atoms with E-state index in [1.165, 1.54) is 16.7 Å². The molecule has 0 radical (unpaired) electrons. The summed E-state index contributed by atoms with van der Waals surface area (Å²) in [6, 6.07) is 6.74. The fraction of sp³-hybridized carbons (Fsp3) is 0.625. The van der Waals surface area contributed by atoms with E-state index in [1.54, 1.807) is 0 Å². The quantitative estimate of drug-likeness (QED) is 0.843. The molecule has 18 heavy (non-hydrogen) atoms. The van der Waals surface area contributed by atoms with Gasteiger partial charge in [0, 0.05) is 6.54 Å². The predicted octanol–water partition coefficient (Wildman–Crippen LogP) is 2.80. The molecule has 0 spiro atoms. The molecule has 1 atom stereocenters. The van der Waals surface area contributed by atoms with Crippen molar-refractivity contribution in [1.82, 2.24) is 0 Å². The van der Waals surface area contributed by atoms with Crippen molar-refractivity contribution in [3.8, 4) is 0 Å². The van der Waals surface area contributed by atoms with Crippen molar-refractivity contribution >= 4 is 0 Å². The number of rotatable bonds is 5. The van der Waals surface area contributed by atoms with Crippen molar-refractivity contribution in [3.05, 3.63) is 34.9 Å². The first-order valence-electron chi connectivity index (χ1n) is 6.89. The van der Waals surface area contributed by atoms with Crippen molar-refractivity contribution in [1.29, 1.82) is 0 Å². The van der Waals surface area contributed by atoms with Crippen LogP contribution < -0.4 is 5.73 Å². The average Bonchev–Trinajstić information content (AvgIpc) is 2.34. The second kappa shape index (κ2) is 6.35. The highest BCUT2D eigenvalue weighted by molar-refractivity contribution is 5.35. The van der Waals surface area contributed by atoms with E-state index in [0.717, 1.165) is 19.3 Å². The summed E-state index contributed by atoms with van der Waals surface area (Å²) in [5, 5.41) is 9.59. The SMILES string of the molecule is CCc1ccc(C(C)(C)C)cc1CCC(O)CN. The summed E-state index contributed by atoms with van der Waals surface area (Å²) in [4.78, 5) is 0. The standard InChI is InChI=1S/C16H27NO/c1-5-12-6-8-14(16(2,3)4)10-13(12)7-9-15(18)11-17/h6,8,10,15,18H,5,7,9,11,17H2,1-4H3. The second-order valence-electron chi connectivity index (χ2n) is 6.02. The van der Waals surface area contributed by atoms with E-state index in [-0.39, 0.29) is 11.5 Å². The summed E-state index contributed by atoms with van der Waals surface area (Å²) in [5.74, 6) is 0. The van der Waals surface area contributed by atoms with E-state index in [1.807, 2.05) is 0 Å². The van der Waals surface area contributed by atoms with Gasteiger partial charge in [-0.2, -0.15) is 0 Å². The van der Waals surface area contributed by atoms with Crippen LogP contribution in [0.3, 0.4) is 0 Å². The fourth-order valence-corrected chi connectivity index (χ4v) is 2.11. The minimum atomic E-state index is -0.381. The highest BCUT2D eigenvalue weighted by Crippen LogP contribution is 2.25. The van der Waals surface area contributed by atoms with Crippen LogP contribution in [0.15, 0.2) is 18.2 Å². The maximum absolute atomic E-state index is 9.59. The molecule has 0 aromatic heterocycles. The molecule has 102 valence electrons. The van der Waals surface area contributed by atoms with E-state index in [4.69, 9.17) is 5.73 Å². The van der Waals surface area contributed by atoms with Crippen molar-refractivity contribution in [2.24, 2.45) is 5.73 Å². The number of nitrogens with two attached hydrogens (primary N) is 1. The average molecular weight is 249 g/mol. The number of benzene rings is 1. The molecule has 0 amide bonds. The molecule has 0 saturated heterocycles. The van der Waals surface area contributed by atoms with Gasteiger partial charge in [-0.15, -0.1) is 0 Å². The summed E-state index contributed by atoms with van der Waals surface area (Å²) in [6.45, 7) is 9.21. The summed E-state index contributed by atoms with van der Waals surface area (Å²) >= 11 is 0. The Kier molecular flexibility index (Phi) is 5.36. The molecule has 0 saturated carbocycles. The zero-order valence-corrected chi connectivity index (χ0v) is 12.2. The number of aliphatic hydroxyl groups is 1. The summed E-state index contributed by atoms with van der Waals surface area (Å²) in [5.41, 5.74) is 9.73. The van der Waals surface area contributed by atoms with Crippen LogP contribution in [0.5, 0.6) is 0 Å². The molecule has 0 aliphatic heterocycles. The second-order valence-corrected chi connectivity index (χ2v) is 6.02. The maximum atomic E-state index is 9.59. The third-order valence-corrected chi connectivity index (χ3v) is 3.47. The van der Waals surface area contributed by atoms with Crippen molar-refractivity contribution in [3.63, 3.8) is 0 Å². The third kappa shape index (κ3) is 4.11. The molecule has 0 aliphatic carbocycles. The Bertz CT molecular complexity index is 379. The van der Waals surface area contributed by atoms with E-state index >= 15 is 0 Å². The molecular weight excluding hydrogens is 222 g/mol. The molecule has 0 heterocycles. The van der Waals surface area contributed by atoms with Crippen molar-refractivity contribution in [2.75, 3.05) is 6.54 Å². The van der Waals surface area contributed by atoms with Gasteiger partial charge in [-0.1, -0.05) is 45.9 Å². The zero-order valence-electron chi connectivity index (χ0n) is 12.2. The topological polar surface area (TPSA) is 46.2 Å². The first-order chi connectivity index (χ1) is 8.38. The van der Waals surface area contributed by atoms with Gasteiger partial charge in [0.25, 0.3) is 0 Å². The Morgan fingerprint density at radius 1 is 1.22 bits per heavy atom. The monoisotopic (exact) mass is 249 g/mol. The Balaban J connectivity index is 2.92. The largest absolute Gasteiger partial charge is 0.392 e. The van der Waals surface area contributed by atoms with Crippen LogP contribution in [-0.2, 0) is 18.3 Å². The van der Waals surface area contributed by atoms with Crippen LogP contribution in [0.25, 0.3) is 0 Å². The van der Waals surface area contributed by atoms with Crippen LogP contribution in [0.4, 0.5) is 0 Å². The van der Waals surface area contributed by atoms with Crippen molar-refractivity contribution < 1.29 is 5.11 Å². The zero-order chi connectivity index (χ0) is 13.8. The van der Waals surface area contributed by atoms with Gasteiger partial charge in [-0.05, 0) is 41.4 Å². The molecule has 1 aromatic rings. The van der Waals surface area contributed by atoms with Gasteiger partial charge in [0.2, 0.25) is 0 Å². The van der Waals surface area contributed by atoms with Gasteiger partial charge in [0.15, 0.2) is 0 Å². The maximum Gasteiger partial charge on any atom is 0.0665 e. The van der Waals surface area contributed by atoms with Crippen LogP contribution >= 0.6 is 0 Å². The molecule has 3 N–H and O–H groups in total. The van der Waals surface area contributed by atoms with Gasteiger partial charge in [-0.3, -0.25) is 0 Å². The van der Waals surface area contributed by atoms with E-state index in [0.29, 0.717) is 6.54 Å². The molecule has 2 heteroatoms. The molecule has 0 fully saturated rings. The summed E-state index contributed by atoms with van der Waals surface area (Å²) < 4.78 is 0. The highest BCUT2D eigenvalue weighted by Gasteiger charge is 2.15. The Hall–Kier alpha value is -0.860. The van der Waals surface area contributed by atoms with Crippen LogP contribution in [-0.4, -0.2) is 17.8 Å². The highest BCUT2D eigenvalue weighted by atomic mass is 16.3. The summed E-state index contributed by atoms with van der Waals surface area (Å²) in [7, 11) is 0. The number of hydrogen-bond acceptors (Lipinski definition) is 2. The molecular formula is C16H27NO. The lowest BCUT2D eigenvalue weighted by molar-refractivity contribution is 0.173. The van der Waals surface area contributed by atoms with Gasteiger partial charge >= 0.3 is 0 Å². The lowest BCUT2D eigenvalue weighted by Crippen LogP contribution is -2.20. The number of hydrogen-bond donors (Lipinski definition) is 2. The minimum Gasteiger partial charge on any atom is -0.392 e. The molecule has 0 aliphatic rings. The normalized spacial score (nSPS) is 13.7. The van der Waals surface area contributed by atoms with E-state index < -0.39 is 0 Å². The lowest BCUT2D eigenvalue weighted by atomic mass is 9.84. The number of aryl methyl sites for hydroxylation is 2. The van der Waals surface area contributed by atoms with E-state index in [9.17, 15) is 5.11 Å². The summed E-state index contributed by atoms with van der Waals surface area (Å²) in [6.07, 6.45) is 2.31. The Morgan fingerprint density at radius 2 is 1.89 bits per heavy atom. The Labute approximate surface area is 111 Å². The molecule has 1 unspecified atom stereocenters. The molecule has 1 aromatic carbocycles. The smallest absolute Gasteiger partial charge is 0.0665 e. The first-order valence-corrected chi connectivity index (χ1v) is 6.89. The predicted molar refractivity (Wildman–Crippen MR) is 77.9 cm³/mol. The molecule has 1 rings (SSSR count). The van der Waals surface area contributed by atoms with Gasteiger partial charge in [0.1, 0.15) is 0 Å². The van der Waals surface area contributed by atoms with Crippen LogP contribution in [0.2, 0.25) is 0 Å². The van der Waals surface area contributed by atoms with Crippen LogP contribution in [0.1, 0.15) is 50.8 Å². The fourth-order valence-electron chi connectivity index (χ4n) is 2.11. The molecule has 0 bridgehead atoms. The lowest BCUT2D eigenvalue weighted by Gasteiger charge is -2.21. The number of aliphatic hydroxyl groups excluding tert-OH is 1. The third-order valence-electron chi connectivity index (χ3n) is 3.47. The van der Waals surface area contributed by atoms with Crippen molar-refractivity contribution in [2.45, 2.75) is 58.5 Å². The van der Waals surface area contributed by atoms with Gasteiger partial charge in [0.05, 0.1) is 6.10 Å². The Morgan fingerprint density at radius 3 is 2.39 bits per heavy atom. The van der Waals surface area contributed by atoms with Gasteiger partial charge < -0.3 is 10.8 Å². The first kappa shape index (κ1) is 15.2. The molecule has 2 nitrogen and oxygen atoms in total.